The van der Waals surface area contributed by atoms with Crippen molar-refractivity contribution in [3.8, 4) is 22.6 Å². The van der Waals surface area contributed by atoms with Gasteiger partial charge in [0, 0.05) is 23.8 Å². The van der Waals surface area contributed by atoms with E-state index in [-0.39, 0.29) is 31.1 Å². The number of carbonyl (C=O) groups excluding carboxylic acids is 4. The molecule has 0 heterocycles. The van der Waals surface area contributed by atoms with E-state index in [9.17, 15) is 19.2 Å². The highest BCUT2D eigenvalue weighted by Gasteiger charge is 2.19. The van der Waals surface area contributed by atoms with E-state index in [0.717, 1.165) is 29.4 Å². The standard InChI is InChI=1S/C32H26O9/c1-5-29(33)38-18-24-16-23(17-25(19-39-30(34)6-2)28(24)20-40-31(35)7-3)32(36)41-27-14-10-22(11-15-27)21-8-12-26(37-4)13-9-21/h4-17H,1-3,18-20H2. The summed E-state index contributed by atoms with van der Waals surface area (Å²) in [5.74, 6) is -2.08. The lowest BCUT2D eigenvalue weighted by Crippen LogP contribution is -2.15. The van der Waals surface area contributed by atoms with Crippen molar-refractivity contribution < 1.29 is 42.9 Å². The molecule has 0 saturated heterocycles. The topological polar surface area (TPSA) is 114 Å². The molecule has 0 fully saturated rings. The third kappa shape index (κ3) is 8.52. The Balaban J connectivity index is 1.91. The van der Waals surface area contributed by atoms with E-state index in [1.807, 2.05) is 12.1 Å². The molecule has 3 aromatic rings. The van der Waals surface area contributed by atoms with Crippen LogP contribution in [0.2, 0.25) is 0 Å². The van der Waals surface area contributed by atoms with Crippen molar-refractivity contribution in [3.63, 3.8) is 0 Å². The van der Waals surface area contributed by atoms with E-state index in [0.29, 0.717) is 22.4 Å². The third-order valence-corrected chi connectivity index (χ3v) is 5.66. The Hall–Kier alpha value is -5.44. The van der Waals surface area contributed by atoms with Crippen LogP contribution < -0.4 is 9.47 Å². The number of ether oxygens (including phenoxy) is 5. The maximum Gasteiger partial charge on any atom is 0.343 e. The molecule has 0 aliphatic rings. The SMILES string of the molecule is [CH]Oc1ccc(-c2ccc(OC(=O)c3cc(COC(=O)C=C)c(COC(=O)C=C)c(COC(=O)C=C)c3)cc2)cc1. The van der Waals surface area contributed by atoms with Crippen LogP contribution in [0.5, 0.6) is 11.5 Å². The zero-order valence-corrected chi connectivity index (χ0v) is 22.0. The number of esters is 4. The summed E-state index contributed by atoms with van der Waals surface area (Å²) in [4.78, 5) is 48.4. The van der Waals surface area contributed by atoms with Gasteiger partial charge in [0.25, 0.3) is 0 Å². The van der Waals surface area contributed by atoms with Crippen molar-refractivity contribution in [2.75, 3.05) is 0 Å². The summed E-state index contributed by atoms with van der Waals surface area (Å²) >= 11 is 0. The van der Waals surface area contributed by atoms with Crippen LogP contribution in [0.25, 0.3) is 11.1 Å². The second-order valence-electron chi connectivity index (χ2n) is 8.26. The van der Waals surface area contributed by atoms with Crippen molar-refractivity contribution in [2.24, 2.45) is 0 Å². The van der Waals surface area contributed by atoms with Crippen molar-refractivity contribution in [1.82, 2.24) is 0 Å². The molecule has 0 unspecified atom stereocenters. The number of benzene rings is 3. The van der Waals surface area contributed by atoms with Crippen LogP contribution in [0.15, 0.2) is 98.6 Å². The molecular formula is C32H26O9. The molecule has 0 aliphatic carbocycles. The average molecular weight is 555 g/mol. The van der Waals surface area contributed by atoms with Crippen molar-refractivity contribution in [2.45, 2.75) is 19.8 Å². The number of hydrogen-bond acceptors (Lipinski definition) is 9. The minimum atomic E-state index is -0.732. The maximum absolute atomic E-state index is 13.2. The van der Waals surface area contributed by atoms with Crippen LogP contribution in [-0.4, -0.2) is 23.9 Å². The second-order valence-corrected chi connectivity index (χ2v) is 8.26. The lowest BCUT2D eigenvalue weighted by molar-refractivity contribution is -0.141. The van der Waals surface area contributed by atoms with Gasteiger partial charge >= 0.3 is 23.9 Å². The molecule has 0 bridgehead atoms. The highest BCUT2D eigenvalue weighted by Crippen LogP contribution is 2.26. The summed E-state index contributed by atoms with van der Waals surface area (Å²) in [5, 5.41) is 0. The van der Waals surface area contributed by atoms with Gasteiger partial charge in [-0.3, -0.25) is 0 Å². The maximum atomic E-state index is 13.2. The summed E-state index contributed by atoms with van der Waals surface area (Å²) in [6.07, 6.45) is 2.94. The molecule has 0 spiro atoms. The Morgan fingerprint density at radius 3 is 1.46 bits per heavy atom. The molecule has 0 N–H and O–H groups in total. The van der Waals surface area contributed by atoms with Crippen molar-refractivity contribution in [3.05, 3.63) is 128 Å². The van der Waals surface area contributed by atoms with Crippen molar-refractivity contribution >= 4 is 23.9 Å². The summed E-state index contributed by atoms with van der Waals surface area (Å²) in [7, 11) is 5.16. The van der Waals surface area contributed by atoms with E-state index < -0.39 is 23.9 Å². The number of rotatable bonds is 13. The summed E-state index contributed by atoms with van der Waals surface area (Å²) in [6, 6.07) is 16.8. The predicted octanol–water partition coefficient (Wildman–Crippen LogP) is 5.31. The molecule has 0 saturated carbocycles. The lowest BCUT2D eigenvalue weighted by Gasteiger charge is -2.17. The molecule has 0 aromatic heterocycles. The molecule has 0 atom stereocenters. The lowest BCUT2D eigenvalue weighted by atomic mass is 9.98. The molecule has 3 rings (SSSR count). The van der Waals surface area contributed by atoms with E-state index >= 15 is 0 Å². The molecule has 208 valence electrons. The minimum absolute atomic E-state index is 0.0690. The summed E-state index contributed by atoms with van der Waals surface area (Å²) in [6.45, 7) is 9.22. The molecule has 9 nitrogen and oxygen atoms in total. The van der Waals surface area contributed by atoms with Gasteiger partial charge in [0.15, 0.2) is 7.11 Å². The van der Waals surface area contributed by atoms with Crippen LogP contribution >= 0.6 is 0 Å². The zero-order chi connectivity index (χ0) is 29.8. The van der Waals surface area contributed by atoms with E-state index in [4.69, 9.17) is 26.1 Å². The number of hydrogen-bond donors (Lipinski definition) is 0. The molecule has 0 amide bonds. The van der Waals surface area contributed by atoms with Gasteiger partial charge in [0.1, 0.15) is 31.3 Å². The fourth-order valence-corrected chi connectivity index (χ4v) is 3.58. The van der Waals surface area contributed by atoms with Gasteiger partial charge in [-0.05, 0) is 58.7 Å². The third-order valence-electron chi connectivity index (χ3n) is 5.66. The first-order chi connectivity index (χ1) is 19.8. The summed E-state index contributed by atoms with van der Waals surface area (Å²) in [5.41, 5.74) is 2.83. The van der Waals surface area contributed by atoms with Crippen LogP contribution in [0, 0.1) is 7.11 Å². The zero-order valence-electron chi connectivity index (χ0n) is 22.0. The smallest absolute Gasteiger partial charge is 0.343 e. The predicted molar refractivity (Wildman–Crippen MR) is 148 cm³/mol. The van der Waals surface area contributed by atoms with Crippen LogP contribution in [0.4, 0.5) is 0 Å². The second kappa shape index (κ2) is 14.6. The Morgan fingerprint density at radius 2 is 1.05 bits per heavy atom. The Kier molecular flexibility index (Phi) is 10.8. The van der Waals surface area contributed by atoms with Gasteiger partial charge < -0.3 is 23.7 Å². The molecule has 2 radical (unpaired) electrons. The van der Waals surface area contributed by atoms with Gasteiger partial charge in [-0.1, -0.05) is 44.0 Å². The van der Waals surface area contributed by atoms with Crippen LogP contribution in [0.1, 0.15) is 27.0 Å². The fraction of sp³-hybridized carbons (Fsp3) is 0.0938. The normalized spacial score (nSPS) is 10.1. The van der Waals surface area contributed by atoms with Gasteiger partial charge in [-0.15, -0.1) is 0 Å². The molecule has 41 heavy (non-hydrogen) atoms. The quantitative estimate of drug-likeness (QED) is 0.120. The first-order valence-electron chi connectivity index (χ1n) is 12.1. The fourth-order valence-electron chi connectivity index (χ4n) is 3.58. The Labute approximate surface area is 237 Å². The van der Waals surface area contributed by atoms with Gasteiger partial charge in [-0.25, -0.2) is 19.2 Å². The number of carbonyl (C=O) groups is 4. The molecule has 0 aliphatic heterocycles. The minimum Gasteiger partial charge on any atom is -0.482 e. The van der Waals surface area contributed by atoms with Gasteiger partial charge in [-0.2, -0.15) is 0 Å². The van der Waals surface area contributed by atoms with E-state index in [2.05, 4.69) is 24.5 Å². The highest BCUT2D eigenvalue weighted by molar-refractivity contribution is 5.92. The monoisotopic (exact) mass is 554 g/mol. The van der Waals surface area contributed by atoms with Gasteiger partial charge in [0.05, 0.1) is 5.56 Å². The van der Waals surface area contributed by atoms with E-state index in [1.54, 1.807) is 36.4 Å². The highest BCUT2D eigenvalue weighted by atomic mass is 16.5. The molecular weight excluding hydrogens is 528 g/mol. The van der Waals surface area contributed by atoms with Gasteiger partial charge in [0.2, 0.25) is 0 Å². The largest absolute Gasteiger partial charge is 0.482 e. The first-order valence-corrected chi connectivity index (χ1v) is 12.1. The Morgan fingerprint density at radius 1 is 0.634 bits per heavy atom. The molecule has 9 heteroatoms. The van der Waals surface area contributed by atoms with Crippen LogP contribution in [-0.2, 0) is 48.4 Å². The Bertz CT molecular complexity index is 1410. The van der Waals surface area contributed by atoms with Crippen LogP contribution in [0.3, 0.4) is 0 Å². The first kappa shape index (κ1) is 30.1. The van der Waals surface area contributed by atoms with Crippen molar-refractivity contribution in [1.29, 1.82) is 0 Å². The molecule has 3 aromatic carbocycles. The van der Waals surface area contributed by atoms with E-state index in [1.165, 1.54) is 12.1 Å². The summed E-state index contributed by atoms with van der Waals surface area (Å²) < 4.78 is 25.8. The average Bonchev–Trinajstić information content (AvgIpc) is 3.01.